The van der Waals surface area contributed by atoms with Crippen LogP contribution in [0.5, 0.6) is 0 Å². The van der Waals surface area contributed by atoms with Gasteiger partial charge in [-0.1, -0.05) is 45.4 Å². The van der Waals surface area contributed by atoms with Gasteiger partial charge >= 0.3 is 0 Å². The van der Waals surface area contributed by atoms with E-state index < -0.39 is 10.9 Å². The number of nitrogens with zero attached hydrogens (tertiary/aromatic N) is 1. The number of nitrogens with one attached hydrogen (secondary N) is 2. The lowest BCUT2D eigenvalue weighted by atomic mass is 10.1. The van der Waals surface area contributed by atoms with E-state index in [4.69, 9.17) is 0 Å². The molecule has 0 atom stereocenters. The van der Waals surface area contributed by atoms with E-state index in [9.17, 15) is 14.4 Å². The number of rotatable bonds is 19. The van der Waals surface area contributed by atoms with Gasteiger partial charge in [-0.15, -0.1) is 0 Å². The van der Waals surface area contributed by atoms with Gasteiger partial charge in [0.15, 0.2) is 0 Å². The van der Waals surface area contributed by atoms with E-state index in [1.165, 1.54) is 44.9 Å². The second kappa shape index (κ2) is 15.3. The fraction of sp³-hybridized carbons (Fsp3) is 0.773. The molecule has 1 aromatic carbocycles. The zero-order valence-electron chi connectivity index (χ0n) is 17.9. The Morgan fingerprint density at radius 3 is 2.00 bits per heavy atom. The lowest BCUT2D eigenvalue weighted by molar-refractivity contribution is -0.107. The highest BCUT2D eigenvalue weighted by atomic mass is 16.2. The quantitative estimate of drug-likeness (QED) is 0.213. The molecule has 0 aliphatic rings. The summed E-state index contributed by atoms with van der Waals surface area (Å²) in [5.41, 5.74) is 0.0272. The van der Waals surface area contributed by atoms with Crippen LogP contribution in [0.1, 0.15) is 77.6 Å². The largest absolute Gasteiger partial charge is 0.383 e. The molecule has 0 unspecified atom stereocenters. The number of hydrogen-bond acceptors (Lipinski definition) is 6. The van der Waals surface area contributed by atoms with Crippen molar-refractivity contribution in [1.29, 1.82) is 0 Å². The molecule has 1 aromatic rings. The van der Waals surface area contributed by atoms with Crippen molar-refractivity contribution in [2.24, 2.45) is 0 Å². The number of hydrogen-bond donors (Lipinski definition) is 2. The van der Waals surface area contributed by atoms with E-state index in [0.717, 1.165) is 45.2 Å². The maximum Gasteiger partial charge on any atom is 0.253 e. The minimum absolute atomic E-state index is 0.407. The van der Waals surface area contributed by atoms with Crippen molar-refractivity contribution in [2.45, 2.75) is 77.6 Å². The van der Waals surface area contributed by atoms with Crippen molar-refractivity contribution in [2.75, 3.05) is 43.9 Å². The fourth-order valence-electron chi connectivity index (χ4n) is 3.51. The third kappa shape index (κ3) is 9.00. The average Bonchev–Trinajstić information content (AvgIpc) is 2.71. The summed E-state index contributed by atoms with van der Waals surface area (Å²) in [4.78, 5) is 35.9. The molecule has 28 heavy (non-hydrogen) atoms. The van der Waals surface area contributed by atoms with Crippen LogP contribution in [-0.4, -0.2) is 44.4 Å². The first kappa shape index (κ1) is 24.3. The predicted octanol–water partition coefficient (Wildman–Crippen LogP) is 3.55. The fourth-order valence-corrected chi connectivity index (χ4v) is 3.51. The van der Waals surface area contributed by atoms with E-state index >= 15 is 0 Å². The van der Waals surface area contributed by atoms with Gasteiger partial charge in [-0.05, 0) is 45.3 Å². The van der Waals surface area contributed by atoms with Crippen molar-refractivity contribution in [3.63, 3.8) is 0 Å². The normalized spacial score (nSPS) is 11.2. The van der Waals surface area contributed by atoms with E-state index in [2.05, 4.69) is 22.5 Å². The van der Waals surface area contributed by atoms with Crippen molar-refractivity contribution < 1.29 is 4.79 Å². The number of carbonyl (C=O) groups is 1. The zero-order valence-corrected chi connectivity index (χ0v) is 17.9. The van der Waals surface area contributed by atoms with Crippen LogP contribution >= 0.6 is 0 Å². The van der Waals surface area contributed by atoms with Crippen LogP contribution in [0.3, 0.4) is 0 Å². The molecule has 0 radical (unpaired) electrons. The summed E-state index contributed by atoms with van der Waals surface area (Å²) in [5, 5.41) is 5.91. The van der Waals surface area contributed by atoms with E-state index in [1.54, 1.807) is 7.05 Å². The molecule has 6 nitrogen and oxygen atoms in total. The van der Waals surface area contributed by atoms with E-state index in [1.807, 2.05) is 0 Å². The van der Waals surface area contributed by atoms with Gasteiger partial charge in [0.05, 0.1) is 0 Å². The second-order valence-corrected chi connectivity index (χ2v) is 7.56. The van der Waals surface area contributed by atoms with Crippen LogP contribution in [0.15, 0.2) is 9.59 Å². The Bertz CT molecular complexity index is 608. The summed E-state index contributed by atoms with van der Waals surface area (Å²) >= 11 is 0. The van der Waals surface area contributed by atoms with E-state index in [0.29, 0.717) is 24.3 Å². The van der Waals surface area contributed by atoms with Gasteiger partial charge < -0.3 is 20.3 Å². The van der Waals surface area contributed by atoms with Gasteiger partial charge in [-0.2, -0.15) is 0 Å². The number of carbonyl (C=O) groups excluding carboxylic acids is 1. The van der Waals surface area contributed by atoms with Crippen LogP contribution in [0.4, 0.5) is 11.4 Å². The first-order valence-electron chi connectivity index (χ1n) is 11.1. The summed E-state index contributed by atoms with van der Waals surface area (Å²) in [6.45, 7) is 6.19. The first-order valence-corrected chi connectivity index (χ1v) is 11.1. The molecule has 1 rings (SSSR count). The Balaban J connectivity index is 2.27. The smallest absolute Gasteiger partial charge is 0.253 e. The molecule has 160 valence electrons. The van der Waals surface area contributed by atoms with Crippen molar-refractivity contribution >= 4 is 17.7 Å². The molecule has 0 saturated carbocycles. The minimum Gasteiger partial charge on any atom is -0.383 e. The molecule has 0 aliphatic carbocycles. The Labute approximate surface area is 169 Å². The Morgan fingerprint density at radius 2 is 1.36 bits per heavy atom. The minimum atomic E-state index is -0.421. The Morgan fingerprint density at radius 1 is 0.786 bits per heavy atom. The monoisotopic (exact) mass is 393 g/mol. The molecule has 0 aliphatic heterocycles. The molecule has 0 heterocycles. The van der Waals surface area contributed by atoms with Gasteiger partial charge in [-0.3, -0.25) is 9.59 Å². The van der Waals surface area contributed by atoms with Gasteiger partial charge in [0.25, 0.3) is 10.9 Å². The molecule has 0 saturated heterocycles. The van der Waals surface area contributed by atoms with E-state index in [-0.39, 0.29) is 0 Å². The highest BCUT2D eigenvalue weighted by Gasteiger charge is 2.18. The highest BCUT2D eigenvalue weighted by molar-refractivity contribution is 5.73. The predicted molar refractivity (Wildman–Crippen MR) is 118 cm³/mol. The summed E-state index contributed by atoms with van der Waals surface area (Å²) in [6.07, 6.45) is 13.5. The van der Waals surface area contributed by atoms with Gasteiger partial charge in [0.1, 0.15) is 17.7 Å². The molecule has 0 aromatic heterocycles. The van der Waals surface area contributed by atoms with Crippen molar-refractivity contribution in [3.8, 4) is 0 Å². The standard InChI is InChI=1S/C22H39N3O3/c1-3-4-5-10-15-25(16-11-8-6-7-9-12-18-26)17-13-14-24-20-19(23-2)21(27)22(20)28/h18,23-24H,3-17H2,1-2H3. The third-order valence-electron chi connectivity index (χ3n) is 5.24. The maximum absolute atomic E-state index is 11.6. The molecule has 0 amide bonds. The van der Waals surface area contributed by atoms with Crippen LogP contribution in [0, 0.1) is 0 Å². The Kier molecular flexibility index (Phi) is 13.3. The van der Waals surface area contributed by atoms with Gasteiger partial charge in [-0.25, -0.2) is 0 Å². The topological polar surface area (TPSA) is 78.5 Å². The van der Waals surface area contributed by atoms with Gasteiger partial charge in [0, 0.05) is 20.0 Å². The Hall–Kier alpha value is -1.69. The lowest BCUT2D eigenvalue weighted by Crippen LogP contribution is -2.37. The van der Waals surface area contributed by atoms with Crippen molar-refractivity contribution in [1.82, 2.24) is 4.90 Å². The van der Waals surface area contributed by atoms with Crippen LogP contribution in [0.2, 0.25) is 0 Å². The highest BCUT2D eigenvalue weighted by Crippen LogP contribution is 2.13. The summed E-state index contributed by atoms with van der Waals surface area (Å²) in [5.74, 6) is 0. The first-order chi connectivity index (χ1) is 13.7. The van der Waals surface area contributed by atoms with Crippen LogP contribution in [0.25, 0.3) is 0 Å². The van der Waals surface area contributed by atoms with Gasteiger partial charge in [0.2, 0.25) is 0 Å². The maximum atomic E-state index is 11.6. The lowest BCUT2D eigenvalue weighted by Gasteiger charge is -2.23. The number of unbranched alkanes of at least 4 members (excludes halogenated alkanes) is 8. The molecule has 6 heteroatoms. The SMILES string of the molecule is CCCCCCN(CCCCCCCC=O)CCCNc1c(NC)c(=O)c1=O. The second-order valence-electron chi connectivity index (χ2n) is 7.56. The molecule has 0 spiro atoms. The zero-order chi connectivity index (χ0) is 20.6. The molecular formula is C22H39N3O3. The number of aldehydes is 1. The molecular weight excluding hydrogens is 354 g/mol. The van der Waals surface area contributed by atoms with Crippen LogP contribution in [-0.2, 0) is 4.79 Å². The third-order valence-corrected chi connectivity index (χ3v) is 5.24. The van der Waals surface area contributed by atoms with Crippen molar-refractivity contribution in [3.05, 3.63) is 20.4 Å². The summed E-state index contributed by atoms with van der Waals surface area (Å²) in [7, 11) is 1.67. The summed E-state index contributed by atoms with van der Waals surface area (Å²) in [6, 6.07) is 0. The summed E-state index contributed by atoms with van der Waals surface area (Å²) < 4.78 is 0. The van der Waals surface area contributed by atoms with Crippen LogP contribution < -0.4 is 21.5 Å². The molecule has 0 fully saturated rings. The molecule has 0 bridgehead atoms. The average molecular weight is 394 g/mol. The number of anilines is 2. The molecule has 2 N–H and O–H groups in total.